The van der Waals surface area contributed by atoms with Crippen molar-refractivity contribution in [2.75, 3.05) is 19.7 Å². The van der Waals surface area contributed by atoms with E-state index in [0.717, 1.165) is 31.2 Å². The quantitative estimate of drug-likeness (QED) is 0.656. The summed E-state index contributed by atoms with van der Waals surface area (Å²) in [5.74, 6) is -1.29. The first-order chi connectivity index (χ1) is 12.1. The monoisotopic (exact) mass is 344 g/mol. The van der Waals surface area contributed by atoms with E-state index in [1.54, 1.807) is 17.0 Å². The predicted molar refractivity (Wildman–Crippen MR) is 94.2 cm³/mol. The maximum atomic E-state index is 12.3. The van der Waals surface area contributed by atoms with Crippen LogP contribution < -0.4 is 5.32 Å². The van der Waals surface area contributed by atoms with Crippen LogP contribution in [0.5, 0.6) is 0 Å². The fourth-order valence-electron chi connectivity index (χ4n) is 2.67. The van der Waals surface area contributed by atoms with Gasteiger partial charge in [-0.1, -0.05) is 43.2 Å². The van der Waals surface area contributed by atoms with Gasteiger partial charge >= 0.3 is 5.97 Å². The van der Waals surface area contributed by atoms with E-state index >= 15 is 0 Å². The Bertz CT molecular complexity index is 632. The molecule has 0 aromatic heterocycles. The number of likely N-dealkylation sites (tertiary alicyclic amines) is 1. The van der Waals surface area contributed by atoms with Crippen LogP contribution in [0, 0.1) is 0 Å². The van der Waals surface area contributed by atoms with Crippen LogP contribution in [-0.2, 0) is 19.1 Å². The Labute approximate surface area is 147 Å². The Balaban J connectivity index is 1.98. The first-order valence-electron chi connectivity index (χ1n) is 8.55. The molecule has 0 saturated carbocycles. The molecule has 1 saturated heterocycles. The van der Waals surface area contributed by atoms with Gasteiger partial charge in [0.1, 0.15) is 5.70 Å². The highest BCUT2D eigenvalue weighted by atomic mass is 16.5. The van der Waals surface area contributed by atoms with E-state index in [1.165, 1.54) is 13.0 Å². The molecule has 6 heteroatoms. The number of amides is 2. The summed E-state index contributed by atoms with van der Waals surface area (Å²) in [5, 5.41) is 2.46. The molecular weight excluding hydrogens is 320 g/mol. The van der Waals surface area contributed by atoms with Crippen molar-refractivity contribution >= 4 is 23.9 Å². The fourth-order valence-corrected chi connectivity index (χ4v) is 2.67. The lowest BCUT2D eigenvalue weighted by Gasteiger charge is -2.20. The van der Waals surface area contributed by atoms with Crippen molar-refractivity contribution in [3.05, 3.63) is 41.6 Å². The zero-order chi connectivity index (χ0) is 18.1. The molecule has 1 N–H and O–H groups in total. The molecule has 1 aliphatic rings. The molecule has 1 heterocycles. The summed E-state index contributed by atoms with van der Waals surface area (Å²) in [7, 11) is 0. The molecule has 0 spiro atoms. The van der Waals surface area contributed by atoms with Gasteiger partial charge in [-0.2, -0.15) is 0 Å². The highest BCUT2D eigenvalue weighted by Gasteiger charge is 2.19. The molecule has 2 amide bonds. The molecular formula is C19H24N2O4. The van der Waals surface area contributed by atoms with Crippen LogP contribution in [0.1, 0.15) is 38.2 Å². The van der Waals surface area contributed by atoms with Crippen LogP contribution in [-0.4, -0.2) is 42.4 Å². The Hall–Kier alpha value is -2.63. The van der Waals surface area contributed by atoms with Gasteiger partial charge in [-0.15, -0.1) is 0 Å². The van der Waals surface area contributed by atoms with E-state index in [0.29, 0.717) is 13.1 Å². The lowest BCUT2D eigenvalue weighted by Crippen LogP contribution is -2.36. The number of rotatable bonds is 5. The summed E-state index contributed by atoms with van der Waals surface area (Å²) in [5.41, 5.74) is 0.768. The predicted octanol–water partition coefficient (Wildman–Crippen LogP) is 2.11. The number of nitrogens with zero attached hydrogens (tertiary/aromatic N) is 1. The van der Waals surface area contributed by atoms with Gasteiger partial charge in [0, 0.05) is 20.0 Å². The maximum absolute atomic E-state index is 12.3. The van der Waals surface area contributed by atoms with Gasteiger partial charge in [0.2, 0.25) is 5.91 Å². The zero-order valence-electron chi connectivity index (χ0n) is 14.5. The number of hydrogen-bond donors (Lipinski definition) is 1. The van der Waals surface area contributed by atoms with E-state index in [1.807, 2.05) is 18.2 Å². The molecule has 1 fully saturated rings. The maximum Gasteiger partial charge on any atom is 0.355 e. The summed E-state index contributed by atoms with van der Waals surface area (Å²) >= 11 is 0. The van der Waals surface area contributed by atoms with Gasteiger partial charge in [-0.25, -0.2) is 4.79 Å². The fraction of sp³-hybridized carbons (Fsp3) is 0.421. The smallest absolute Gasteiger partial charge is 0.355 e. The van der Waals surface area contributed by atoms with Crippen LogP contribution in [0.4, 0.5) is 0 Å². The minimum absolute atomic E-state index is 0.0161. The topological polar surface area (TPSA) is 75.7 Å². The summed E-state index contributed by atoms with van der Waals surface area (Å²) in [6, 6.07) is 9.11. The number of carbonyl (C=O) groups is 3. The third-order valence-corrected chi connectivity index (χ3v) is 3.93. The van der Waals surface area contributed by atoms with Crippen molar-refractivity contribution in [1.29, 1.82) is 0 Å². The highest BCUT2D eigenvalue weighted by Crippen LogP contribution is 2.10. The van der Waals surface area contributed by atoms with Crippen molar-refractivity contribution in [2.45, 2.75) is 32.6 Å². The van der Waals surface area contributed by atoms with E-state index in [-0.39, 0.29) is 24.1 Å². The third-order valence-electron chi connectivity index (χ3n) is 3.93. The van der Waals surface area contributed by atoms with Crippen molar-refractivity contribution in [3.8, 4) is 0 Å². The number of esters is 1. The molecule has 0 aliphatic carbocycles. The Kier molecular flexibility index (Phi) is 7.19. The van der Waals surface area contributed by atoms with Crippen LogP contribution in [0.25, 0.3) is 6.08 Å². The number of hydrogen-bond acceptors (Lipinski definition) is 4. The average molecular weight is 344 g/mol. The second-order valence-electron chi connectivity index (χ2n) is 6.02. The minimum Gasteiger partial charge on any atom is -0.451 e. The average Bonchev–Trinajstić information content (AvgIpc) is 2.89. The summed E-state index contributed by atoms with van der Waals surface area (Å²) < 4.78 is 5.12. The summed E-state index contributed by atoms with van der Waals surface area (Å²) in [6.07, 6.45) is 5.72. The van der Waals surface area contributed by atoms with E-state index in [4.69, 9.17) is 4.74 Å². The Morgan fingerprint density at radius 1 is 1.08 bits per heavy atom. The summed E-state index contributed by atoms with van der Waals surface area (Å²) in [6.45, 7) is 2.41. The molecule has 0 unspecified atom stereocenters. The normalized spacial score (nSPS) is 15.2. The van der Waals surface area contributed by atoms with Crippen LogP contribution in [0.3, 0.4) is 0 Å². The van der Waals surface area contributed by atoms with Crippen molar-refractivity contribution in [3.63, 3.8) is 0 Å². The SMILES string of the molecule is CC(=O)N/C(=C/c1ccccc1)C(=O)OCC(=O)N1CCCCCC1. The molecule has 1 aliphatic heterocycles. The molecule has 1 aromatic rings. The highest BCUT2D eigenvalue weighted by molar-refractivity contribution is 5.98. The lowest BCUT2D eigenvalue weighted by atomic mass is 10.2. The van der Waals surface area contributed by atoms with Crippen LogP contribution >= 0.6 is 0 Å². The molecule has 134 valence electrons. The van der Waals surface area contributed by atoms with Gasteiger partial charge in [0.05, 0.1) is 0 Å². The van der Waals surface area contributed by atoms with E-state index in [2.05, 4.69) is 5.32 Å². The van der Waals surface area contributed by atoms with Crippen LogP contribution in [0.15, 0.2) is 36.0 Å². The second-order valence-corrected chi connectivity index (χ2v) is 6.02. The van der Waals surface area contributed by atoms with Gasteiger partial charge in [0.25, 0.3) is 5.91 Å². The van der Waals surface area contributed by atoms with E-state index in [9.17, 15) is 14.4 Å². The van der Waals surface area contributed by atoms with Crippen molar-refractivity contribution < 1.29 is 19.1 Å². The molecule has 2 rings (SSSR count). The first-order valence-corrected chi connectivity index (χ1v) is 8.55. The van der Waals surface area contributed by atoms with Gasteiger partial charge < -0.3 is 15.0 Å². The zero-order valence-corrected chi connectivity index (χ0v) is 14.5. The first kappa shape index (κ1) is 18.7. The van der Waals surface area contributed by atoms with Gasteiger partial charge in [-0.05, 0) is 24.5 Å². The molecule has 0 radical (unpaired) electrons. The van der Waals surface area contributed by atoms with Crippen LogP contribution in [0.2, 0.25) is 0 Å². The van der Waals surface area contributed by atoms with Gasteiger partial charge in [0.15, 0.2) is 6.61 Å². The molecule has 25 heavy (non-hydrogen) atoms. The summed E-state index contributed by atoms with van der Waals surface area (Å²) in [4.78, 5) is 37.5. The Morgan fingerprint density at radius 2 is 1.72 bits per heavy atom. The third kappa shape index (κ3) is 6.41. The number of ether oxygens (including phenoxy) is 1. The molecule has 0 atom stereocenters. The Morgan fingerprint density at radius 3 is 2.32 bits per heavy atom. The van der Waals surface area contributed by atoms with Gasteiger partial charge in [-0.3, -0.25) is 9.59 Å². The number of carbonyl (C=O) groups excluding carboxylic acids is 3. The lowest BCUT2D eigenvalue weighted by molar-refractivity contribution is -0.149. The minimum atomic E-state index is -0.720. The van der Waals surface area contributed by atoms with Crippen molar-refractivity contribution in [2.24, 2.45) is 0 Å². The molecule has 6 nitrogen and oxygen atoms in total. The van der Waals surface area contributed by atoms with Crippen molar-refractivity contribution in [1.82, 2.24) is 10.2 Å². The number of nitrogens with one attached hydrogen (secondary N) is 1. The second kappa shape index (κ2) is 9.61. The molecule has 1 aromatic carbocycles. The molecule has 0 bridgehead atoms. The number of benzene rings is 1. The van der Waals surface area contributed by atoms with E-state index < -0.39 is 5.97 Å². The largest absolute Gasteiger partial charge is 0.451 e. The standard InChI is InChI=1S/C19H24N2O4/c1-15(22)20-17(13-16-9-5-4-6-10-16)19(24)25-14-18(23)21-11-7-2-3-8-12-21/h4-6,9-10,13H,2-3,7-8,11-12,14H2,1H3,(H,20,22)/b17-13+.